The van der Waals surface area contributed by atoms with Crippen LogP contribution in [-0.2, 0) is 25.5 Å². The van der Waals surface area contributed by atoms with E-state index in [1.54, 1.807) is 26.0 Å². The first-order chi connectivity index (χ1) is 11.5. The number of methoxy groups -OCH3 is 3. The van der Waals surface area contributed by atoms with Crippen molar-refractivity contribution in [3.8, 4) is 17.2 Å². The minimum Gasteiger partial charge on any atom is -0.493 e. The van der Waals surface area contributed by atoms with Gasteiger partial charge in [0.25, 0.3) is 0 Å². The predicted octanol–water partition coefficient (Wildman–Crippen LogP) is 2.00. The molecule has 0 N–H and O–H groups in total. The van der Waals surface area contributed by atoms with Crippen LogP contribution < -0.4 is 14.2 Å². The van der Waals surface area contributed by atoms with Gasteiger partial charge in [0.05, 0.1) is 34.5 Å². The van der Waals surface area contributed by atoms with Gasteiger partial charge in [-0.1, -0.05) is 0 Å². The largest absolute Gasteiger partial charge is 0.493 e. The second kappa shape index (κ2) is 9.64. The highest BCUT2D eigenvalue weighted by atomic mass is 16.6. The average Bonchev–Trinajstić information content (AvgIpc) is 2.58. The molecule has 0 spiro atoms. The molecule has 0 aromatic heterocycles. The first-order valence-electron chi connectivity index (χ1n) is 7.64. The Morgan fingerprint density at radius 2 is 1.33 bits per heavy atom. The number of rotatable bonds is 9. The van der Waals surface area contributed by atoms with Crippen LogP contribution in [0, 0.1) is 5.92 Å². The van der Waals surface area contributed by atoms with Crippen LogP contribution in [0.15, 0.2) is 12.1 Å². The summed E-state index contributed by atoms with van der Waals surface area (Å²) >= 11 is 0. The monoisotopic (exact) mass is 340 g/mol. The van der Waals surface area contributed by atoms with Gasteiger partial charge in [-0.15, -0.1) is 0 Å². The van der Waals surface area contributed by atoms with E-state index in [-0.39, 0.29) is 19.6 Å². The van der Waals surface area contributed by atoms with E-state index in [0.29, 0.717) is 22.8 Å². The van der Waals surface area contributed by atoms with E-state index in [1.165, 1.54) is 21.3 Å². The van der Waals surface area contributed by atoms with E-state index in [0.717, 1.165) is 0 Å². The summed E-state index contributed by atoms with van der Waals surface area (Å²) in [6.45, 7) is 3.73. The summed E-state index contributed by atoms with van der Waals surface area (Å²) in [5.41, 5.74) is 0.663. The van der Waals surface area contributed by atoms with E-state index in [9.17, 15) is 9.59 Å². The summed E-state index contributed by atoms with van der Waals surface area (Å²) in [6.07, 6.45) is 0.106. The molecule has 0 bridgehead atoms. The molecule has 0 heterocycles. The summed E-state index contributed by atoms with van der Waals surface area (Å²) in [5, 5.41) is 0. The molecule has 0 atom stereocenters. The minimum atomic E-state index is -1.05. The number of carbonyl (C=O) groups excluding carboxylic acids is 2. The Hall–Kier alpha value is -2.44. The molecule has 7 heteroatoms. The third kappa shape index (κ3) is 4.78. The number of ether oxygens (including phenoxy) is 5. The van der Waals surface area contributed by atoms with Crippen molar-refractivity contribution in [2.45, 2.75) is 20.3 Å². The molecule has 1 aromatic rings. The van der Waals surface area contributed by atoms with Gasteiger partial charge < -0.3 is 23.7 Å². The Morgan fingerprint density at radius 1 is 0.875 bits per heavy atom. The lowest BCUT2D eigenvalue weighted by Crippen LogP contribution is -2.30. The van der Waals surface area contributed by atoms with Gasteiger partial charge >= 0.3 is 11.9 Å². The van der Waals surface area contributed by atoms with Crippen molar-refractivity contribution in [2.24, 2.45) is 5.92 Å². The van der Waals surface area contributed by atoms with E-state index < -0.39 is 17.9 Å². The average molecular weight is 340 g/mol. The molecule has 0 radical (unpaired) electrons. The fourth-order valence-corrected chi connectivity index (χ4v) is 2.24. The van der Waals surface area contributed by atoms with Crippen molar-refractivity contribution in [2.75, 3.05) is 34.5 Å². The Kier molecular flexibility index (Phi) is 7.88. The molecule has 0 amide bonds. The molecule has 1 rings (SSSR count). The van der Waals surface area contributed by atoms with Crippen LogP contribution in [0.5, 0.6) is 17.2 Å². The molecule has 0 unspecified atom stereocenters. The summed E-state index contributed by atoms with van der Waals surface area (Å²) < 4.78 is 25.8. The fourth-order valence-electron chi connectivity index (χ4n) is 2.24. The second-order valence-electron chi connectivity index (χ2n) is 4.79. The smallest absolute Gasteiger partial charge is 0.320 e. The zero-order valence-corrected chi connectivity index (χ0v) is 14.7. The Morgan fingerprint density at radius 3 is 1.67 bits per heavy atom. The highest BCUT2D eigenvalue weighted by Crippen LogP contribution is 2.38. The van der Waals surface area contributed by atoms with Crippen molar-refractivity contribution in [1.29, 1.82) is 0 Å². The van der Waals surface area contributed by atoms with Crippen LogP contribution in [-0.4, -0.2) is 46.5 Å². The second-order valence-corrected chi connectivity index (χ2v) is 4.79. The third-order valence-electron chi connectivity index (χ3n) is 3.31. The van der Waals surface area contributed by atoms with Crippen molar-refractivity contribution in [3.63, 3.8) is 0 Å². The number of carbonyl (C=O) groups is 2. The molecule has 7 nitrogen and oxygen atoms in total. The maximum atomic E-state index is 12.1. The van der Waals surface area contributed by atoms with E-state index in [1.807, 2.05) is 0 Å². The van der Waals surface area contributed by atoms with Gasteiger partial charge in [0.15, 0.2) is 17.4 Å². The fraction of sp³-hybridized carbons (Fsp3) is 0.529. The number of hydrogen-bond acceptors (Lipinski definition) is 7. The minimum absolute atomic E-state index is 0.106. The predicted molar refractivity (Wildman–Crippen MR) is 86.6 cm³/mol. The standard InChI is InChI=1S/C17H24O7/c1-6-23-16(18)12(17(19)24-7-2)8-11-9-13(20-3)15(22-5)14(10-11)21-4/h9-10,12H,6-8H2,1-5H3. The molecule has 0 saturated heterocycles. The third-order valence-corrected chi connectivity index (χ3v) is 3.31. The number of benzene rings is 1. The Bertz CT molecular complexity index is 525. The summed E-state index contributed by atoms with van der Waals surface area (Å²) in [7, 11) is 4.49. The first-order valence-corrected chi connectivity index (χ1v) is 7.64. The van der Waals surface area contributed by atoms with E-state index >= 15 is 0 Å². The van der Waals surface area contributed by atoms with Crippen LogP contribution in [0.2, 0.25) is 0 Å². The van der Waals surface area contributed by atoms with Crippen LogP contribution in [0.4, 0.5) is 0 Å². The van der Waals surface area contributed by atoms with E-state index in [4.69, 9.17) is 23.7 Å². The van der Waals surface area contributed by atoms with Gasteiger partial charge in [0.2, 0.25) is 5.75 Å². The zero-order chi connectivity index (χ0) is 18.1. The zero-order valence-electron chi connectivity index (χ0n) is 14.7. The van der Waals surface area contributed by atoms with Gasteiger partial charge in [-0.05, 0) is 38.0 Å². The number of esters is 2. The lowest BCUT2D eigenvalue weighted by molar-refractivity contribution is -0.161. The highest BCUT2D eigenvalue weighted by Gasteiger charge is 2.30. The summed E-state index contributed by atoms with van der Waals surface area (Å²) in [4.78, 5) is 24.2. The van der Waals surface area contributed by atoms with E-state index in [2.05, 4.69) is 0 Å². The maximum absolute atomic E-state index is 12.1. The molecule has 1 aromatic carbocycles. The molecule has 0 aliphatic heterocycles. The SMILES string of the molecule is CCOC(=O)C(Cc1cc(OC)c(OC)c(OC)c1)C(=O)OCC. The first kappa shape index (κ1) is 19.6. The van der Waals surface area contributed by atoms with Crippen LogP contribution in [0.25, 0.3) is 0 Å². The summed E-state index contributed by atoms with van der Waals surface area (Å²) in [6, 6.07) is 3.37. The van der Waals surface area contributed by atoms with Gasteiger partial charge in [0.1, 0.15) is 0 Å². The Balaban J connectivity index is 3.17. The molecule has 24 heavy (non-hydrogen) atoms. The summed E-state index contributed by atoms with van der Waals surface area (Å²) in [5.74, 6) is -0.966. The highest BCUT2D eigenvalue weighted by molar-refractivity contribution is 5.95. The van der Waals surface area contributed by atoms with Gasteiger partial charge in [-0.25, -0.2) is 0 Å². The molecule has 0 fully saturated rings. The van der Waals surface area contributed by atoms with Gasteiger partial charge in [-0.2, -0.15) is 0 Å². The van der Waals surface area contributed by atoms with Crippen molar-refractivity contribution >= 4 is 11.9 Å². The van der Waals surface area contributed by atoms with Crippen molar-refractivity contribution in [1.82, 2.24) is 0 Å². The molecule has 0 aliphatic rings. The number of hydrogen-bond donors (Lipinski definition) is 0. The Labute approximate surface area is 141 Å². The molecule has 134 valence electrons. The van der Waals surface area contributed by atoms with Crippen molar-refractivity contribution in [3.05, 3.63) is 17.7 Å². The maximum Gasteiger partial charge on any atom is 0.320 e. The van der Waals surface area contributed by atoms with Crippen LogP contribution in [0.1, 0.15) is 19.4 Å². The molecule has 0 aliphatic carbocycles. The van der Waals surface area contributed by atoms with Gasteiger partial charge in [0, 0.05) is 0 Å². The topological polar surface area (TPSA) is 80.3 Å². The van der Waals surface area contributed by atoms with Crippen molar-refractivity contribution < 1.29 is 33.3 Å². The normalized spacial score (nSPS) is 10.2. The van der Waals surface area contributed by atoms with Crippen LogP contribution in [0.3, 0.4) is 0 Å². The molecule has 0 saturated carbocycles. The van der Waals surface area contributed by atoms with Gasteiger partial charge in [-0.3, -0.25) is 9.59 Å². The lowest BCUT2D eigenvalue weighted by atomic mass is 9.98. The molecular weight excluding hydrogens is 316 g/mol. The quantitative estimate of drug-likeness (QED) is 0.502. The van der Waals surface area contributed by atoms with Crippen LogP contribution >= 0.6 is 0 Å². The molecular formula is C17H24O7. The lowest BCUT2D eigenvalue weighted by Gasteiger charge is -2.17.